The Morgan fingerprint density at radius 1 is 1.14 bits per heavy atom. The number of nitrogens with two attached hydrogens (primary N) is 3. The first-order valence-corrected chi connectivity index (χ1v) is 7.54. The predicted octanol–water partition coefficient (Wildman–Crippen LogP) is 0.0569. The maximum atomic E-state index is 11.7. The monoisotopic (exact) mass is 311 g/mol. The zero-order chi connectivity index (χ0) is 15.9. The Labute approximate surface area is 127 Å². The van der Waals surface area contributed by atoms with Gasteiger partial charge in [0.1, 0.15) is 9.88 Å². The number of hydrogen-bond donors (Lipinski definition) is 3. The van der Waals surface area contributed by atoms with Crippen molar-refractivity contribution >= 4 is 33.8 Å². The summed E-state index contributed by atoms with van der Waals surface area (Å²) in [4.78, 5) is 27.7. The molecule has 2 atom stereocenters. The molecule has 2 heterocycles. The van der Waals surface area contributed by atoms with Crippen LogP contribution >= 0.6 is 11.3 Å². The molecule has 0 bridgehead atoms. The lowest BCUT2D eigenvalue weighted by atomic mass is 10.1. The van der Waals surface area contributed by atoms with E-state index in [0.29, 0.717) is 17.1 Å². The van der Waals surface area contributed by atoms with E-state index in [1.54, 1.807) is 0 Å². The van der Waals surface area contributed by atoms with Crippen molar-refractivity contribution in [1.82, 2.24) is 4.90 Å². The van der Waals surface area contributed by atoms with Crippen molar-refractivity contribution in [3.63, 3.8) is 0 Å². The minimum Gasteiger partial charge on any atom is -0.397 e. The summed E-state index contributed by atoms with van der Waals surface area (Å²) in [5.74, 6) is -1.27. The van der Waals surface area contributed by atoms with Crippen LogP contribution in [-0.4, -0.2) is 48.9 Å². The molecule has 1 aliphatic heterocycles. The van der Waals surface area contributed by atoms with Crippen molar-refractivity contribution in [1.29, 1.82) is 0 Å². The van der Waals surface area contributed by atoms with Crippen LogP contribution in [-0.2, 0) is 0 Å². The number of primary amides is 2. The highest BCUT2D eigenvalue weighted by atomic mass is 32.1. The summed E-state index contributed by atoms with van der Waals surface area (Å²) in [7, 11) is 2.07. The van der Waals surface area contributed by atoms with Crippen molar-refractivity contribution < 1.29 is 9.59 Å². The molecule has 2 amide bonds. The van der Waals surface area contributed by atoms with Gasteiger partial charge in [0.25, 0.3) is 11.8 Å². The molecule has 1 aromatic heterocycles. The van der Waals surface area contributed by atoms with Crippen LogP contribution in [0, 0.1) is 0 Å². The van der Waals surface area contributed by atoms with Gasteiger partial charge < -0.3 is 22.1 Å². The van der Waals surface area contributed by atoms with E-state index in [4.69, 9.17) is 17.2 Å². The maximum Gasteiger partial charge on any atom is 0.260 e. The van der Waals surface area contributed by atoms with Gasteiger partial charge in [0, 0.05) is 25.2 Å². The molecule has 0 spiro atoms. The zero-order valence-electron chi connectivity index (χ0n) is 12.4. The lowest BCUT2D eigenvalue weighted by Crippen LogP contribution is -2.55. The molecule has 2 rings (SSSR count). The lowest BCUT2D eigenvalue weighted by molar-refractivity contribution is 0.0999. The Kier molecular flexibility index (Phi) is 4.11. The standard InChI is InChI=1S/C13H21N5O2S/c1-6-4-18(5-7(2)17(6)3)13-8(11(15)19)9(14)10(21-13)12(16)20/h6-7H,4-5,14H2,1-3H3,(H2,15,19)(H2,16,20). The quantitative estimate of drug-likeness (QED) is 0.729. The SMILES string of the molecule is CC1CN(c2sc(C(N)=O)c(N)c2C(N)=O)CC(C)N1C. The van der Waals surface area contributed by atoms with E-state index in [-0.39, 0.29) is 16.1 Å². The molecule has 2 unspecified atom stereocenters. The highest BCUT2D eigenvalue weighted by molar-refractivity contribution is 7.19. The van der Waals surface area contributed by atoms with Crippen LogP contribution in [0.4, 0.5) is 10.7 Å². The molecule has 1 aliphatic rings. The Hall–Kier alpha value is -1.80. The van der Waals surface area contributed by atoms with Gasteiger partial charge in [-0.15, -0.1) is 11.3 Å². The van der Waals surface area contributed by atoms with Gasteiger partial charge in [0.2, 0.25) is 0 Å². The first-order valence-electron chi connectivity index (χ1n) is 6.72. The van der Waals surface area contributed by atoms with Gasteiger partial charge in [-0.2, -0.15) is 0 Å². The molecule has 0 aliphatic carbocycles. The van der Waals surface area contributed by atoms with Gasteiger partial charge in [0.15, 0.2) is 0 Å². The topological polar surface area (TPSA) is 119 Å². The van der Waals surface area contributed by atoms with E-state index >= 15 is 0 Å². The molecule has 6 N–H and O–H groups in total. The predicted molar refractivity (Wildman–Crippen MR) is 84.7 cm³/mol. The number of nitrogen functional groups attached to an aromatic ring is 1. The fraction of sp³-hybridized carbons (Fsp3) is 0.538. The molecule has 0 saturated carbocycles. The van der Waals surface area contributed by atoms with Crippen LogP contribution in [0.25, 0.3) is 0 Å². The van der Waals surface area contributed by atoms with E-state index in [1.165, 1.54) is 0 Å². The molecule has 116 valence electrons. The fourth-order valence-corrected chi connectivity index (χ4v) is 3.74. The van der Waals surface area contributed by atoms with Gasteiger partial charge in [0.05, 0.1) is 11.3 Å². The third kappa shape index (κ3) is 2.68. The van der Waals surface area contributed by atoms with E-state index < -0.39 is 11.8 Å². The van der Waals surface area contributed by atoms with Crippen LogP contribution < -0.4 is 22.1 Å². The lowest BCUT2D eigenvalue weighted by Gasteiger charge is -2.43. The first kappa shape index (κ1) is 15.6. The molecular formula is C13H21N5O2S. The average molecular weight is 311 g/mol. The summed E-state index contributed by atoms with van der Waals surface area (Å²) in [6.07, 6.45) is 0. The van der Waals surface area contributed by atoms with E-state index in [1.807, 2.05) is 0 Å². The summed E-state index contributed by atoms with van der Waals surface area (Å²) in [5.41, 5.74) is 16.9. The Morgan fingerprint density at radius 3 is 2.10 bits per heavy atom. The zero-order valence-corrected chi connectivity index (χ0v) is 13.2. The van der Waals surface area contributed by atoms with Crippen LogP contribution in [0.5, 0.6) is 0 Å². The number of thiophene rings is 1. The number of hydrogen-bond acceptors (Lipinski definition) is 6. The summed E-state index contributed by atoms with van der Waals surface area (Å²) in [6, 6.07) is 0.629. The molecule has 0 radical (unpaired) electrons. The Balaban J connectivity index is 2.46. The van der Waals surface area contributed by atoms with Crippen LogP contribution in [0.1, 0.15) is 33.9 Å². The summed E-state index contributed by atoms with van der Waals surface area (Å²) in [6.45, 7) is 5.69. The maximum absolute atomic E-state index is 11.7. The van der Waals surface area contributed by atoms with Crippen LogP contribution in [0.15, 0.2) is 0 Å². The second-order valence-electron chi connectivity index (χ2n) is 5.52. The van der Waals surface area contributed by atoms with Gasteiger partial charge in [-0.3, -0.25) is 14.5 Å². The first-order chi connectivity index (χ1) is 9.73. The number of likely N-dealkylation sites (N-methyl/N-ethyl adjacent to an activating group) is 1. The van der Waals surface area contributed by atoms with Crippen molar-refractivity contribution in [3.05, 3.63) is 10.4 Å². The van der Waals surface area contributed by atoms with Gasteiger partial charge in [-0.05, 0) is 20.9 Å². The third-order valence-corrected chi connectivity index (χ3v) is 5.32. The Bertz CT molecular complexity index is 573. The van der Waals surface area contributed by atoms with Crippen molar-refractivity contribution in [2.24, 2.45) is 11.5 Å². The highest BCUT2D eigenvalue weighted by Crippen LogP contribution is 2.39. The minimum atomic E-state index is -0.638. The van der Waals surface area contributed by atoms with Crippen molar-refractivity contribution in [2.75, 3.05) is 30.8 Å². The number of nitrogens with zero attached hydrogens (tertiary/aromatic N) is 2. The molecule has 1 aromatic rings. The third-order valence-electron chi connectivity index (χ3n) is 4.04. The average Bonchev–Trinajstić information content (AvgIpc) is 2.73. The molecule has 0 aromatic carbocycles. The van der Waals surface area contributed by atoms with Crippen molar-refractivity contribution in [3.8, 4) is 0 Å². The van der Waals surface area contributed by atoms with E-state index in [2.05, 4.69) is 30.7 Å². The van der Waals surface area contributed by atoms with E-state index in [0.717, 1.165) is 24.4 Å². The van der Waals surface area contributed by atoms with Crippen molar-refractivity contribution in [2.45, 2.75) is 25.9 Å². The van der Waals surface area contributed by atoms with Gasteiger partial charge in [-0.1, -0.05) is 0 Å². The number of anilines is 2. The number of carbonyl (C=O) groups is 2. The molecule has 1 saturated heterocycles. The molecule has 8 heteroatoms. The second kappa shape index (κ2) is 5.53. The second-order valence-corrected chi connectivity index (χ2v) is 6.52. The molecule has 7 nitrogen and oxygen atoms in total. The summed E-state index contributed by atoms with van der Waals surface area (Å²) >= 11 is 1.14. The van der Waals surface area contributed by atoms with Gasteiger partial charge in [-0.25, -0.2) is 0 Å². The highest BCUT2D eigenvalue weighted by Gasteiger charge is 2.32. The Morgan fingerprint density at radius 2 is 1.67 bits per heavy atom. The normalized spacial score (nSPS) is 23.3. The number of rotatable bonds is 3. The van der Waals surface area contributed by atoms with E-state index in [9.17, 15) is 9.59 Å². The minimum absolute atomic E-state index is 0.0919. The number of piperazine rings is 1. The van der Waals surface area contributed by atoms with Gasteiger partial charge >= 0.3 is 0 Å². The largest absolute Gasteiger partial charge is 0.397 e. The smallest absolute Gasteiger partial charge is 0.260 e. The van der Waals surface area contributed by atoms with Crippen LogP contribution in [0.3, 0.4) is 0 Å². The number of carbonyl (C=O) groups excluding carboxylic acids is 2. The summed E-state index contributed by atoms with van der Waals surface area (Å²) in [5, 5.41) is 0.639. The van der Waals surface area contributed by atoms with Crippen LogP contribution in [0.2, 0.25) is 0 Å². The molecule has 21 heavy (non-hydrogen) atoms. The molecule has 1 fully saturated rings. The fourth-order valence-electron chi connectivity index (χ4n) is 2.65. The molecular weight excluding hydrogens is 290 g/mol. The number of amides is 2. The summed E-state index contributed by atoms with van der Waals surface area (Å²) < 4.78 is 0.